The Labute approximate surface area is 144 Å². The maximum Gasteiger partial charge on any atom is 0.410 e. The molecule has 1 saturated heterocycles. The summed E-state index contributed by atoms with van der Waals surface area (Å²) in [5.41, 5.74) is 0.917. The van der Waals surface area contributed by atoms with Crippen LogP contribution in [0.25, 0.3) is 0 Å². The number of likely N-dealkylation sites (tertiary alicyclic amines) is 1. The molecule has 0 N–H and O–H groups in total. The number of amides is 1. The molecule has 0 spiro atoms. The lowest BCUT2D eigenvalue weighted by Gasteiger charge is -2.36. The van der Waals surface area contributed by atoms with Gasteiger partial charge in [-0.25, -0.2) is 9.59 Å². The van der Waals surface area contributed by atoms with Crippen LogP contribution in [-0.2, 0) is 16.1 Å². The molecule has 1 aliphatic heterocycles. The summed E-state index contributed by atoms with van der Waals surface area (Å²) in [7, 11) is 0. The second kappa shape index (κ2) is 7.27. The minimum Gasteiger partial charge on any atom is -0.445 e. The summed E-state index contributed by atoms with van der Waals surface area (Å²) in [5.74, 6) is -0.777. The van der Waals surface area contributed by atoms with E-state index in [-0.39, 0.29) is 25.6 Å². The Morgan fingerprint density at radius 3 is 2.50 bits per heavy atom. The van der Waals surface area contributed by atoms with Crippen LogP contribution in [0.1, 0.15) is 5.56 Å². The highest BCUT2D eigenvalue weighted by molar-refractivity contribution is 7.71. The number of carbonyl (C=O) groups is 2. The van der Waals surface area contributed by atoms with Crippen molar-refractivity contribution < 1.29 is 19.2 Å². The lowest BCUT2D eigenvalue weighted by atomic mass is 10.0. The van der Waals surface area contributed by atoms with Gasteiger partial charge in [-0.15, -0.1) is 0 Å². The summed E-state index contributed by atoms with van der Waals surface area (Å²) >= 11 is 5.06. The first kappa shape index (κ1) is 16.2. The summed E-state index contributed by atoms with van der Waals surface area (Å²) in [5, 5.41) is 0. The van der Waals surface area contributed by atoms with E-state index in [2.05, 4.69) is 0 Å². The van der Waals surface area contributed by atoms with Crippen molar-refractivity contribution in [2.45, 2.75) is 6.61 Å². The summed E-state index contributed by atoms with van der Waals surface area (Å²) in [6, 6.07) is 14.6. The number of benzene rings is 1. The molecule has 1 aliphatic rings. The third-order valence-electron chi connectivity index (χ3n) is 3.66. The van der Waals surface area contributed by atoms with Crippen molar-refractivity contribution in [2.24, 2.45) is 5.92 Å². The minimum absolute atomic E-state index is 0.213. The second-order valence-corrected chi connectivity index (χ2v) is 5.84. The van der Waals surface area contributed by atoms with Crippen molar-refractivity contribution in [2.75, 3.05) is 13.1 Å². The number of aromatic nitrogens is 1. The molecular formula is C17H16N2O4S. The molecule has 0 bridgehead atoms. The Morgan fingerprint density at radius 2 is 1.79 bits per heavy atom. The van der Waals surface area contributed by atoms with E-state index in [1.54, 1.807) is 24.4 Å². The van der Waals surface area contributed by atoms with Gasteiger partial charge in [0, 0.05) is 19.3 Å². The van der Waals surface area contributed by atoms with Gasteiger partial charge >= 0.3 is 12.1 Å². The highest BCUT2D eigenvalue weighted by Gasteiger charge is 2.38. The highest BCUT2D eigenvalue weighted by atomic mass is 32.1. The van der Waals surface area contributed by atoms with Gasteiger partial charge in [-0.1, -0.05) is 48.6 Å². The Hall–Kier alpha value is -2.67. The zero-order chi connectivity index (χ0) is 16.9. The molecule has 124 valence electrons. The van der Waals surface area contributed by atoms with Crippen LogP contribution in [0.3, 0.4) is 0 Å². The molecule has 2 heterocycles. The van der Waals surface area contributed by atoms with Crippen LogP contribution >= 0.6 is 12.2 Å². The molecule has 0 radical (unpaired) electrons. The van der Waals surface area contributed by atoms with E-state index in [1.165, 1.54) is 9.63 Å². The molecule has 24 heavy (non-hydrogen) atoms. The predicted molar refractivity (Wildman–Crippen MR) is 88.5 cm³/mol. The Morgan fingerprint density at radius 1 is 1.08 bits per heavy atom. The zero-order valence-corrected chi connectivity index (χ0v) is 13.6. The van der Waals surface area contributed by atoms with Crippen molar-refractivity contribution in [1.82, 2.24) is 9.63 Å². The Kier molecular flexibility index (Phi) is 4.90. The number of pyridine rings is 1. The SMILES string of the molecule is O=C(On1ccccc1=S)C1CN(C(=O)OCc2ccccc2)C1. The number of hydrogen-bond acceptors (Lipinski definition) is 5. The van der Waals surface area contributed by atoms with Crippen molar-refractivity contribution in [3.63, 3.8) is 0 Å². The first-order valence-electron chi connectivity index (χ1n) is 7.49. The third-order valence-corrected chi connectivity index (χ3v) is 3.97. The molecule has 1 aromatic heterocycles. The van der Waals surface area contributed by atoms with E-state index in [9.17, 15) is 9.59 Å². The third kappa shape index (κ3) is 3.80. The van der Waals surface area contributed by atoms with Gasteiger partial charge < -0.3 is 14.5 Å². The van der Waals surface area contributed by atoms with Gasteiger partial charge in [0.1, 0.15) is 11.2 Å². The standard InChI is InChI=1S/C17H16N2O4S/c20-16(23-19-9-5-4-8-15(19)24)14-10-18(11-14)17(21)22-12-13-6-2-1-3-7-13/h1-9,14H,10-12H2. The van der Waals surface area contributed by atoms with Gasteiger partial charge in [0.2, 0.25) is 0 Å². The molecule has 3 rings (SSSR count). The van der Waals surface area contributed by atoms with Crippen molar-refractivity contribution in [3.05, 3.63) is 64.9 Å². The Balaban J connectivity index is 1.45. The lowest BCUT2D eigenvalue weighted by Crippen LogP contribution is -2.54. The highest BCUT2D eigenvalue weighted by Crippen LogP contribution is 2.18. The fraction of sp³-hybridized carbons (Fsp3) is 0.235. The maximum atomic E-state index is 12.0. The molecule has 0 unspecified atom stereocenters. The van der Waals surface area contributed by atoms with Gasteiger partial charge in [-0.2, -0.15) is 4.73 Å². The summed E-state index contributed by atoms with van der Waals surface area (Å²) in [4.78, 5) is 30.6. The molecule has 1 amide bonds. The monoisotopic (exact) mass is 344 g/mol. The first-order chi connectivity index (χ1) is 11.6. The van der Waals surface area contributed by atoms with Crippen LogP contribution in [0.2, 0.25) is 0 Å². The van der Waals surface area contributed by atoms with E-state index in [1.807, 2.05) is 30.3 Å². The van der Waals surface area contributed by atoms with E-state index in [0.717, 1.165) is 5.56 Å². The van der Waals surface area contributed by atoms with Gasteiger partial charge in [0.05, 0.1) is 5.92 Å². The molecule has 6 nitrogen and oxygen atoms in total. The van der Waals surface area contributed by atoms with Crippen molar-refractivity contribution >= 4 is 24.3 Å². The molecule has 1 fully saturated rings. The second-order valence-electron chi connectivity index (χ2n) is 5.42. The van der Waals surface area contributed by atoms with Crippen LogP contribution in [0.15, 0.2) is 54.7 Å². The minimum atomic E-state index is -0.431. The number of carbonyl (C=O) groups excluding carboxylic acids is 2. The number of rotatable bonds is 4. The van der Waals surface area contributed by atoms with Crippen molar-refractivity contribution in [1.29, 1.82) is 0 Å². The number of ether oxygens (including phenoxy) is 1. The van der Waals surface area contributed by atoms with Crippen LogP contribution in [0, 0.1) is 10.6 Å². The van der Waals surface area contributed by atoms with E-state index in [0.29, 0.717) is 4.64 Å². The largest absolute Gasteiger partial charge is 0.445 e. The molecule has 0 saturated carbocycles. The molecule has 0 atom stereocenters. The number of nitrogens with zero attached hydrogens (tertiary/aromatic N) is 2. The fourth-order valence-electron chi connectivity index (χ4n) is 2.25. The smallest absolute Gasteiger partial charge is 0.410 e. The number of hydrogen-bond donors (Lipinski definition) is 0. The zero-order valence-electron chi connectivity index (χ0n) is 12.8. The summed E-state index contributed by atoms with van der Waals surface area (Å²) in [6.07, 6.45) is 1.14. The topological polar surface area (TPSA) is 60.8 Å². The molecule has 0 aliphatic carbocycles. The lowest BCUT2D eigenvalue weighted by molar-refractivity contribution is -0.154. The fourth-order valence-corrected chi connectivity index (χ4v) is 2.42. The summed E-state index contributed by atoms with van der Waals surface area (Å²) < 4.78 is 6.86. The van der Waals surface area contributed by atoms with Crippen LogP contribution in [-0.4, -0.2) is 34.8 Å². The molecule has 1 aromatic carbocycles. The quantitative estimate of drug-likeness (QED) is 0.797. The van der Waals surface area contributed by atoms with E-state index >= 15 is 0 Å². The van der Waals surface area contributed by atoms with Gasteiger partial charge in [-0.05, 0) is 17.7 Å². The predicted octanol–water partition coefficient (Wildman–Crippen LogP) is 2.44. The normalized spacial score (nSPS) is 13.9. The Bertz CT molecular complexity index is 784. The average molecular weight is 344 g/mol. The van der Waals surface area contributed by atoms with Crippen LogP contribution < -0.4 is 4.84 Å². The van der Waals surface area contributed by atoms with Gasteiger partial charge in [-0.3, -0.25) is 0 Å². The molecular weight excluding hydrogens is 328 g/mol. The summed E-state index contributed by atoms with van der Waals surface area (Å²) in [6.45, 7) is 0.781. The van der Waals surface area contributed by atoms with Gasteiger partial charge in [0.25, 0.3) is 0 Å². The van der Waals surface area contributed by atoms with Crippen molar-refractivity contribution in [3.8, 4) is 0 Å². The van der Waals surface area contributed by atoms with E-state index in [4.69, 9.17) is 21.8 Å². The van der Waals surface area contributed by atoms with Crippen LogP contribution in [0.4, 0.5) is 4.79 Å². The first-order valence-corrected chi connectivity index (χ1v) is 7.90. The van der Waals surface area contributed by atoms with Gasteiger partial charge in [0.15, 0.2) is 0 Å². The average Bonchev–Trinajstić information content (AvgIpc) is 2.55. The van der Waals surface area contributed by atoms with Crippen LogP contribution in [0.5, 0.6) is 0 Å². The molecule has 2 aromatic rings. The molecule has 7 heteroatoms. The maximum absolute atomic E-state index is 12.0. The van der Waals surface area contributed by atoms with E-state index < -0.39 is 12.1 Å².